The minimum atomic E-state index is -0.0837. The van der Waals surface area contributed by atoms with Crippen LogP contribution in [0.2, 0.25) is 0 Å². The van der Waals surface area contributed by atoms with Gasteiger partial charge in [-0.1, -0.05) is 64.1 Å². The van der Waals surface area contributed by atoms with Crippen molar-refractivity contribution < 1.29 is 4.79 Å². The lowest BCUT2D eigenvalue weighted by molar-refractivity contribution is -0.113. The van der Waals surface area contributed by atoms with Gasteiger partial charge in [-0.2, -0.15) is 0 Å². The van der Waals surface area contributed by atoms with Gasteiger partial charge in [-0.05, 0) is 30.7 Å². The number of thioether (sulfide) groups is 1. The monoisotopic (exact) mass is 442 g/mol. The largest absolute Gasteiger partial charge is 0.325 e. The number of anilines is 1. The summed E-state index contributed by atoms with van der Waals surface area (Å²) in [6, 6.07) is 15.6. The summed E-state index contributed by atoms with van der Waals surface area (Å²) in [5.41, 5.74) is 2.81. The van der Waals surface area contributed by atoms with Crippen molar-refractivity contribution in [3.63, 3.8) is 0 Å². The number of hydrogen-bond acceptors (Lipinski definition) is 4. The van der Waals surface area contributed by atoms with Crippen LogP contribution in [0, 0.1) is 6.92 Å². The standard InChI is InChI=1S/C20H19BrN4OS/c1-3-12-25-19(15-8-10-16(21)11-9-15)23-20(24-25)27-13-18(26)22-17-7-5-4-6-14(17)2/h3-11H,1,12-13H2,2H3,(H,22,26). The Bertz CT molecular complexity index is 953. The molecular formula is C20H19BrN4OS. The molecule has 1 amide bonds. The van der Waals surface area contributed by atoms with Gasteiger partial charge in [-0.25, -0.2) is 9.67 Å². The lowest BCUT2D eigenvalue weighted by Crippen LogP contribution is -2.14. The fourth-order valence-corrected chi connectivity index (χ4v) is 3.38. The SMILES string of the molecule is C=CCn1nc(SCC(=O)Nc2ccccc2C)nc1-c1ccc(Br)cc1. The van der Waals surface area contributed by atoms with Crippen LogP contribution in [-0.2, 0) is 11.3 Å². The number of amides is 1. The molecule has 0 aliphatic rings. The third kappa shape index (κ3) is 5.08. The fraction of sp³-hybridized carbons (Fsp3) is 0.150. The predicted octanol–water partition coefficient (Wildman–Crippen LogP) is 4.93. The number of carbonyl (C=O) groups excluding carboxylic acids is 1. The van der Waals surface area contributed by atoms with Gasteiger partial charge in [0, 0.05) is 15.7 Å². The smallest absolute Gasteiger partial charge is 0.234 e. The van der Waals surface area contributed by atoms with E-state index in [4.69, 9.17) is 0 Å². The highest BCUT2D eigenvalue weighted by Gasteiger charge is 2.13. The van der Waals surface area contributed by atoms with Crippen LogP contribution in [0.1, 0.15) is 5.56 Å². The highest BCUT2D eigenvalue weighted by Crippen LogP contribution is 2.24. The summed E-state index contributed by atoms with van der Waals surface area (Å²) in [4.78, 5) is 16.8. The van der Waals surface area contributed by atoms with Crippen LogP contribution < -0.4 is 5.32 Å². The van der Waals surface area contributed by atoms with Crippen molar-refractivity contribution in [1.82, 2.24) is 14.8 Å². The van der Waals surface area contributed by atoms with Crippen LogP contribution >= 0.6 is 27.7 Å². The molecule has 0 saturated heterocycles. The minimum absolute atomic E-state index is 0.0837. The van der Waals surface area contributed by atoms with Crippen LogP contribution in [0.5, 0.6) is 0 Å². The van der Waals surface area contributed by atoms with Crippen molar-refractivity contribution >= 4 is 39.3 Å². The number of hydrogen-bond donors (Lipinski definition) is 1. The van der Waals surface area contributed by atoms with Crippen LogP contribution in [-0.4, -0.2) is 26.4 Å². The van der Waals surface area contributed by atoms with E-state index in [0.29, 0.717) is 11.7 Å². The molecule has 27 heavy (non-hydrogen) atoms. The predicted molar refractivity (Wildman–Crippen MR) is 114 cm³/mol. The van der Waals surface area contributed by atoms with Crippen molar-refractivity contribution in [2.45, 2.75) is 18.6 Å². The first-order chi connectivity index (χ1) is 13.1. The molecule has 0 aliphatic heterocycles. The molecule has 1 heterocycles. The van der Waals surface area contributed by atoms with Crippen molar-refractivity contribution in [3.05, 3.63) is 71.2 Å². The molecule has 0 atom stereocenters. The summed E-state index contributed by atoms with van der Waals surface area (Å²) in [5.74, 6) is 0.912. The maximum absolute atomic E-state index is 12.2. The van der Waals surface area contributed by atoms with Crippen molar-refractivity contribution in [1.29, 1.82) is 0 Å². The number of nitrogens with one attached hydrogen (secondary N) is 1. The van der Waals surface area contributed by atoms with Crippen LogP contribution in [0.3, 0.4) is 0 Å². The van der Waals surface area contributed by atoms with Crippen molar-refractivity contribution in [3.8, 4) is 11.4 Å². The molecule has 0 spiro atoms. The fourth-order valence-electron chi connectivity index (χ4n) is 2.47. The summed E-state index contributed by atoms with van der Waals surface area (Å²) in [6.45, 7) is 6.29. The zero-order chi connectivity index (χ0) is 19.2. The molecular weight excluding hydrogens is 424 g/mol. The average molecular weight is 443 g/mol. The van der Waals surface area contributed by atoms with E-state index in [2.05, 4.69) is 37.9 Å². The second-order valence-corrected chi connectivity index (χ2v) is 7.71. The number of benzene rings is 2. The second-order valence-electron chi connectivity index (χ2n) is 5.85. The summed E-state index contributed by atoms with van der Waals surface area (Å²) < 4.78 is 2.79. The third-order valence-electron chi connectivity index (χ3n) is 3.81. The molecule has 3 rings (SSSR count). The zero-order valence-corrected chi connectivity index (χ0v) is 17.3. The maximum atomic E-state index is 12.2. The lowest BCUT2D eigenvalue weighted by atomic mass is 10.2. The molecule has 1 aromatic heterocycles. The first-order valence-corrected chi connectivity index (χ1v) is 10.1. The summed E-state index contributed by atoms with van der Waals surface area (Å²) >= 11 is 4.75. The molecule has 3 aromatic rings. The van der Waals surface area contributed by atoms with Gasteiger partial charge in [0.2, 0.25) is 11.1 Å². The van der Waals surface area contributed by atoms with Gasteiger partial charge >= 0.3 is 0 Å². The van der Waals surface area contributed by atoms with Crippen LogP contribution in [0.25, 0.3) is 11.4 Å². The molecule has 7 heteroatoms. The lowest BCUT2D eigenvalue weighted by Gasteiger charge is -2.06. The number of rotatable bonds is 7. The second kappa shape index (κ2) is 9.01. The molecule has 0 unspecified atom stereocenters. The molecule has 0 fully saturated rings. The number of halogens is 1. The highest BCUT2D eigenvalue weighted by atomic mass is 79.9. The van der Waals surface area contributed by atoms with E-state index in [1.54, 1.807) is 10.8 Å². The Kier molecular flexibility index (Phi) is 6.47. The normalized spacial score (nSPS) is 10.6. The average Bonchev–Trinajstić information content (AvgIpc) is 3.06. The van der Waals surface area contributed by atoms with Crippen LogP contribution in [0.15, 0.2) is 70.8 Å². The summed E-state index contributed by atoms with van der Waals surface area (Å²) in [5, 5.41) is 7.99. The number of nitrogens with zero attached hydrogens (tertiary/aromatic N) is 3. The number of para-hydroxylation sites is 1. The van der Waals surface area contributed by atoms with Gasteiger partial charge < -0.3 is 5.32 Å². The summed E-state index contributed by atoms with van der Waals surface area (Å²) in [7, 11) is 0. The third-order valence-corrected chi connectivity index (χ3v) is 5.17. The molecule has 1 N–H and O–H groups in total. The highest BCUT2D eigenvalue weighted by molar-refractivity contribution is 9.10. The number of carbonyl (C=O) groups is 1. The molecule has 138 valence electrons. The van der Waals surface area contributed by atoms with Gasteiger partial charge in [0.1, 0.15) is 0 Å². The Morgan fingerprint density at radius 2 is 2.00 bits per heavy atom. The van der Waals surface area contributed by atoms with Gasteiger partial charge in [0.15, 0.2) is 5.82 Å². The Balaban J connectivity index is 1.70. The Labute approximate surface area is 171 Å². The molecule has 0 aliphatic carbocycles. The van der Waals surface area contributed by atoms with E-state index in [9.17, 15) is 4.79 Å². The van der Waals surface area contributed by atoms with E-state index in [0.717, 1.165) is 27.1 Å². The Morgan fingerprint density at radius 1 is 1.26 bits per heavy atom. The quantitative estimate of drug-likeness (QED) is 0.416. The molecule has 5 nitrogen and oxygen atoms in total. The zero-order valence-electron chi connectivity index (χ0n) is 14.9. The van der Waals surface area contributed by atoms with Crippen molar-refractivity contribution in [2.24, 2.45) is 0 Å². The number of aryl methyl sites for hydroxylation is 1. The van der Waals surface area contributed by atoms with Crippen molar-refractivity contribution in [2.75, 3.05) is 11.1 Å². The van der Waals surface area contributed by atoms with E-state index < -0.39 is 0 Å². The van der Waals surface area contributed by atoms with Crippen LogP contribution in [0.4, 0.5) is 5.69 Å². The number of allylic oxidation sites excluding steroid dienone is 1. The van der Waals surface area contributed by atoms with Gasteiger partial charge in [-0.15, -0.1) is 11.7 Å². The minimum Gasteiger partial charge on any atom is -0.325 e. The molecule has 0 bridgehead atoms. The van der Waals surface area contributed by atoms with Gasteiger partial charge in [-0.3, -0.25) is 4.79 Å². The number of aromatic nitrogens is 3. The first kappa shape index (κ1) is 19.4. The van der Waals surface area contributed by atoms with E-state index in [-0.39, 0.29) is 11.7 Å². The first-order valence-electron chi connectivity index (χ1n) is 8.37. The molecule has 2 aromatic carbocycles. The summed E-state index contributed by atoms with van der Waals surface area (Å²) in [6.07, 6.45) is 1.77. The maximum Gasteiger partial charge on any atom is 0.234 e. The van der Waals surface area contributed by atoms with E-state index in [1.165, 1.54) is 11.8 Å². The molecule has 0 radical (unpaired) electrons. The van der Waals surface area contributed by atoms with E-state index >= 15 is 0 Å². The van der Waals surface area contributed by atoms with Gasteiger partial charge in [0.25, 0.3) is 0 Å². The molecule has 0 saturated carbocycles. The van der Waals surface area contributed by atoms with Gasteiger partial charge in [0.05, 0.1) is 12.3 Å². The Hall–Kier alpha value is -2.38. The topological polar surface area (TPSA) is 59.8 Å². The van der Waals surface area contributed by atoms with E-state index in [1.807, 2.05) is 55.5 Å². The Morgan fingerprint density at radius 3 is 2.70 bits per heavy atom.